The van der Waals surface area contributed by atoms with E-state index in [0.29, 0.717) is 0 Å². The summed E-state index contributed by atoms with van der Waals surface area (Å²) < 4.78 is 0. The summed E-state index contributed by atoms with van der Waals surface area (Å²) in [4.78, 5) is 0. The minimum Gasteiger partial charge on any atom is -1.00 e. The van der Waals surface area contributed by atoms with Crippen molar-refractivity contribution in [2.75, 3.05) is 0 Å². The molecule has 0 aromatic carbocycles. The molecule has 0 fully saturated rings. The van der Waals surface area contributed by atoms with Crippen molar-refractivity contribution in [2.24, 2.45) is 0 Å². The Hall–Kier alpha value is 1.02. The second-order valence-electron chi connectivity index (χ2n) is 2.64. The van der Waals surface area contributed by atoms with Gasteiger partial charge < -0.3 is 7.96 Å². The van der Waals surface area contributed by atoms with E-state index >= 15 is 0 Å². The predicted octanol–water partition coefficient (Wildman–Crippen LogP) is 2.75. The monoisotopic (exact) mass is 190 g/mol. The molecule has 0 saturated heterocycles. The van der Waals surface area contributed by atoms with Crippen LogP contribution in [0.15, 0.2) is 0 Å². The average molecular weight is 191 g/mol. The first-order valence-electron chi connectivity index (χ1n) is 4.09. The molecule has 3 heteroatoms. The van der Waals surface area contributed by atoms with Crippen LogP contribution in [0, 0.1) is 0 Å². The zero-order valence-corrected chi connectivity index (χ0v) is 9.52. The Morgan fingerprint density at radius 3 is 2.27 bits per heavy atom. The van der Waals surface area contributed by atoms with Gasteiger partial charge in [0, 0.05) is 0 Å². The van der Waals surface area contributed by atoms with Gasteiger partial charge in [-0.25, -0.2) is 0 Å². The van der Waals surface area contributed by atoms with Crippen LogP contribution in [0.25, 0.3) is 0 Å². The molecule has 0 heterocycles. The van der Waals surface area contributed by atoms with Gasteiger partial charge in [-0.2, -0.15) is 0 Å². The number of rotatable bonds is 6. The van der Waals surface area contributed by atoms with E-state index in [0.717, 1.165) is 12.8 Å². The SMILES string of the molecule is CCCCCCCC(O)Cl.[H-].[H-].[Mg+2]. The first-order valence-corrected chi connectivity index (χ1v) is 4.53. The Bertz CT molecular complexity index is 77.2. The van der Waals surface area contributed by atoms with Crippen molar-refractivity contribution in [1.29, 1.82) is 0 Å². The fourth-order valence-electron chi connectivity index (χ4n) is 0.916. The second kappa shape index (κ2) is 11.0. The predicted molar refractivity (Wildman–Crippen MR) is 53.2 cm³/mol. The summed E-state index contributed by atoms with van der Waals surface area (Å²) in [6, 6.07) is 0. The summed E-state index contributed by atoms with van der Waals surface area (Å²) in [6.45, 7) is 2.19. The molecule has 0 aromatic heterocycles. The molecule has 0 aliphatic carbocycles. The topological polar surface area (TPSA) is 20.2 Å². The van der Waals surface area contributed by atoms with Gasteiger partial charge in [-0.1, -0.05) is 44.2 Å². The first kappa shape index (κ1) is 14.5. The fraction of sp³-hybridized carbons (Fsp3) is 1.00. The molecule has 1 nitrogen and oxygen atoms in total. The summed E-state index contributed by atoms with van der Waals surface area (Å²) in [7, 11) is 0. The van der Waals surface area contributed by atoms with E-state index in [9.17, 15) is 0 Å². The Morgan fingerprint density at radius 1 is 1.27 bits per heavy atom. The third-order valence-corrected chi connectivity index (χ3v) is 1.76. The van der Waals surface area contributed by atoms with Gasteiger partial charge in [0.1, 0.15) is 5.56 Å². The molecule has 0 amide bonds. The van der Waals surface area contributed by atoms with E-state index in [-0.39, 0.29) is 25.9 Å². The van der Waals surface area contributed by atoms with E-state index in [1.54, 1.807) is 0 Å². The number of hydrogen-bond donors (Lipinski definition) is 1. The van der Waals surface area contributed by atoms with Crippen molar-refractivity contribution in [2.45, 2.75) is 51.0 Å². The van der Waals surface area contributed by atoms with Crippen molar-refractivity contribution < 1.29 is 7.96 Å². The third-order valence-electron chi connectivity index (χ3n) is 1.55. The van der Waals surface area contributed by atoms with Gasteiger partial charge in [-0.15, -0.1) is 0 Å². The second-order valence-corrected chi connectivity index (χ2v) is 3.14. The van der Waals surface area contributed by atoms with Gasteiger partial charge in [0.15, 0.2) is 0 Å². The molecule has 0 aliphatic heterocycles. The van der Waals surface area contributed by atoms with Gasteiger partial charge in [0.25, 0.3) is 0 Å². The van der Waals surface area contributed by atoms with Crippen LogP contribution >= 0.6 is 11.6 Å². The van der Waals surface area contributed by atoms with Crippen LogP contribution in [-0.2, 0) is 0 Å². The number of unbranched alkanes of at least 4 members (excludes halogenated alkanes) is 4. The van der Waals surface area contributed by atoms with Crippen LogP contribution in [0.2, 0.25) is 0 Å². The summed E-state index contributed by atoms with van der Waals surface area (Å²) >= 11 is 5.35. The fourth-order valence-corrected chi connectivity index (χ4v) is 1.07. The van der Waals surface area contributed by atoms with Crippen molar-refractivity contribution in [3.05, 3.63) is 0 Å². The smallest absolute Gasteiger partial charge is 1.00 e. The summed E-state index contributed by atoms with van der Waals surface area (Å²) in [5.74, 6) is 0. The Morgan fingerprint density at radius 2 is 1.82 bits per heavy atom. The van der Waals surface area contributed by atoms with Crippen LogP contribution in [-0.4, -0.2) is 33.7 Å². The molecular formula is C8H19ClMgO. The number of hydrogen-bond acceptors (Lipinski definition) is 1. The van der Waals surface area contributed by atoms with Gasteiger partial charge in [-0.05, 0) is 12.8 Å². The normalized spacial score (nSPS) is 12.3. The molecule has 0 aliphatic rings. The Balaban J connectivity index is -0.000000135. The molecular weight excluding hydrogens is 172 g/mol. The molecule has 0 radical (unpaired) electrons. The molecule has 1 N–H and O–H groups in total. The summed E-state index contributed by atoms with van der Waals surface area (Å²) in [5.41, 5.74) is -0.623. The Labute approximate surface area is 93.6 Å². The van der Waals surface area contributed by atoms with Crippen LogP contribution in [0.1, 0.15) is 48.3 Å². The number of alkyl halides is 1. The van der Waals surface area contributed by atoms with Crippen LogP contribution in [0.5, 0.6) is 0 Å². The quantitative estimate of drug-likeness (QED) is 0.388. The van der Waals surface area contributed by atoms with Crippen molar-refractivity contribution >= 4 is 34.7 Å². The van der Waals surface area contributed by atoms with Gasteiger partial charge in [0.05, 0.1) is 0 Å². The molecule has 0 saturated carbocycles. The first-order chi connectivity index (χ1) is 4.77. The minimum atomic E-state index is -0.623. The molecule has 1 unspecified atom stereocenters. The van der Waals surface area contributed by atoms with Crippen LogP contribution in [0.4, 0.5) is 0 Å². The number of aliphatic hydroxyl groups excluding tert-OH is 1. The molecule has 66 valence electrons. The number of halogens is 1. The van der Waals surface area contributed by atoms with Gasteiger partial charge in [0.2, 0.25) is 0 Å². The van der Waals surface area contributed by atoms with Crippen LogP contribution < -0.4 is 0 Å². The molecule has 1 atom stereocenters. The van der Waals surface area contributed by atoms with Crippen molar-refractivity contribution in [1.82, 2.24) is 0 Å². The summed E-state index contributed by atoms with van der Waals surface area (Å²) in [6.07, 6.45) is 6.86. The van der Waals surface area contributed by atoms with Gasteiger partial charge >= 0.3 is 23.1 Å². The van der Waals surface area contributed by atoms with E-state index in [2.05, 4.69) is 6.92 Å². The minimum absolute atomic E-state index is 0. The van der Waals surface area contributed by atoms with Crippen molar-refractivity contribution in [3.8, 4) is 0 Å². The maximum atomic E-state index is 8.67. The number of aliphatic hydroxyl groups is 1. The third kappa shape index (κ3) is 13.9. The molecule has 0 rings (SSSR count). The Kier molecular flexibility index (Phi) is 14.6. The zero-order valence-electron chi connectivity index (χ0n) is 9.35. The van der Waals surface area contributed by atoms with Crippen LogP contribution in [0.3, 0.4) is 0 Å². The standard InChI is InChI=1S/C8H17ClO.Mg.2H/c1-2-3-4-5-6-7-8(9)10;;;/h8,10H,2-7H2,1H3;;;/q;+2;2*-1. The molecule has 11 heavy (non-hydrogen) atoms. The van der Waals surface area contributed by atoms with E-state index in [1.807, 2.05) is 0 Å². The summed E-state index contributed by atoms with van der Waals surface area (Å²) in [5, 5.41) is 8.67. The van der Waals surface area contributed by atoms with Gasteiger partial charge in [-0.3, -0.25) is 0 Å². The largest absolute Gasteiger partial charge is 2.00 e. The molecule has 0 spiro atoms. The zero-order chi connectivity index (χ0) is 7.82. The maximum absolute atomic E-state index is 8.67. The maximum Gasteiger partial charge on any atom is 2.00 e. The van der Waals surface area contributed by atoms with E-state index in [1.165, 1.54) is 25.7 Å². The average Bonchev–Trinajstić information content (AvgIpc) is 1.87. The van der Waals surface area contributed by atoms with E-state index < -0.39 is 5.56 Å². The van der Waals surface area contributed by atoms with E-state index in [4.69, 9.17) is 16.7 Å². The molecule has 0 aromatic rings. The molecule has 0 bridgehead atoms. The van der Waals surface area contributed by atoms with Crippen molar-refractivity contribution in [3.63, 3.8) is 0 Å².